The third kappa shape index (κ3) is 3.66. The molecule has 0 fully saturated rings. The Morgan fingerprint density at radius 1 is 1.32 bits per heavy atom. The fourth-order valence-electron chi connectivity index (χ4n) is 1.70. The zero-order chi connectivity index (χ0) is 13.8. The molecule has 0 atom stereocenters. The molecule has 2 aromatic rings. The number of nitrogens with zero attached hydrogens (tertiary/aromatic N) is 2. The van der Waals surface area contributed by atoms with E-state index in [-0.39, 0.29) is 5.91 Å². The van der Waals surface area contributed by atoms with Crippen LogP contribution < -0.4 is 5.32 Å². The quantitative estimate of drug-likeness (QED) is 0.932. The summed E-state index contributed by atoms with van der Waals surface area (Å²) in [7, 11) is 3.92. The van der Waals surface area contributed by atoms with E-state index < -0.39 is 0 Å². The number of likely N-dealkylation sites (N-methyl/N-ethyl adjacent to an activating group) is 1. The lowest BCUT2D eigenvalue weighted by molar-refractivity contribution is 0.0946. The van der Waals surface area contributed by atoms with Crippen molar-refractivity contribution < 1.29 is 4.79 Å². The van der Waals surface area contributed by atoms with Gasteiger partial charge in [0.2, 0.25) is 0 Å². The Bertz CT molecular complexity index is 598. The number of nitrogens with one attached hydrogen (secondary N) is 1. The molecule has 0 unspecified atom stereocenters. The van der Waals surface area contributed by atoms with Crippen molar-refractivity contribution in [2.75, 3.05) is 27.2 Å². The summed E-state index contributed by atoms with van der Waals surface area (Å²) in [6.07, 6.45) is 0. The van der Waals surface area contributed by atoms with Gasteiger partial charge in [0.1, 0.15) is 5.69 Å². The zero-order valence-electron chi connectivity index (χ0n) is 11.0. The highest BCUT2D eigenvalue weighted by molar-refractivity contribution is 6.31. The Balaban J connectivity index is 2.13. The van der Waals surface area contributed by atoms with Crippen molar-refractivity contribution >= 4 is 28.4 Å². The third-order valence-corrected chi connectivity index (χ3v) is 2.97. The second-order valence-corrected chi connectivity index (χ2v) is 5.03. The standard InChI is InChI=1S/C14H16ClN3O/c1-18(2)8-7-16-14(19)12-6-4-10-3-5-11(15)9-13(10)17-12/h3-6,9H,7-8H2,1-2H3,(H,16,19). The maximum atomic E-state index is 11.9. The lowest BCUT2D eigenvalue weighted by Crippen LogP contribution is -2.31. The van der Waals surface area contributed by atoms with Crippen LogP contribution in [0, 0.1) is 0 Å². The van der Waals surface area contributed by atoms with Gasteiger partial charge in [-0.1, -0.05) is 23.7 Å². The topological polar surface area (TPSA) is 45.2 Å². The molecular weight excluding hydrogens is 262 g/mol. The molecule has 1 aromatic heterocycles. The molecule has 1 amide bonds. The molecular formula is C14H16ClN3O. The number of aromatic nitrogens is 1. The minimum atomic E-state index is -0.163. The van der Waals surface area contributed by atoms with E-state index in [0.29, 0.717) is 17.3 Å². The largest absolute Gasteiger partial charge is 0.349 e. The van der Waals surface area contributed by atoms with Crippen molar-refractivity contribution in [2.24, 2.45) is 0 Å². The van der Waals surface area contributed by atoms with Crippen LogP contribution >= 0.6 is 11.6 Å². The van der Waals surface area contributed by atoms with Crippen molar-refractivity contribution in [1.82, 2.24) is 15.2 Å². The van der Waals surface area contributed by atoms with Crippen molar-refractivity contribution in [3.8, 4) is 0 Å². The average Bonchev–Trinajstić information content (AvgIpc) is 2.37. The maximum Gasteiger partial charge on any atom is 0.269 e. The van der Waals surface area contributed by atoms with Crippen molar-refractivity contribution in [1.29, 1.82) is 0 Å². The van der Waals surface area contributed by atoms with Gasteiger partial charge in [0.15, 0.2) is 0 Å². The van der Waals surface area contributed by atoms with Crippen LogP contribution in [0.5, 0.6) is 0 Å². The Kier molecular flexibility index (Phi) is 4.35. The van der Waals surface area contributed by atoms with Gasteiger partial charge in [-0.25, -0.2) is 4.98 Å². The highest BCUT2D eigenvalue weighted by atomic mass is 35.5. The second-order valence-electron chi connectivity index (χ2n) is 4.59. The average molecular weight is 278 g/mol. The summed E-state index contributed by atoms with van der Waals surface area (Å²) >= 11 is 5.92. The Morgan fingerprint density at radius 2 is 2.05 bits per heavy atom. The zero-order valence-corrected chi connectivity index (χ0v) is 11.7. The first kappa shape index (κ1) is 13.8. The first-order chi connectivity index (χ1) is 9.06. The van der Waals surface area contributed by atoms with Gasteiger partial charge < -0.3 is 10.2 Å². The number of carbonyl (C=O) groups excluding carboxylic acids is 1. The molecule has 0 aliphatic carbocycles. The van der Waals surface area contributed by atoms with Gasteiger partial charge >= 0.3 is 0 Å². The minimum Gasteiger partial charge on any atom is -0.349 e. The summed E-state index contributed by atoms with van der Waals surface area (Å²) < 4.78 is 0. The number of carbonyl (C=O) groups is 1. The summed E-state index contributed by atoms with van der Waals surface area (Å²) in [6, 6.07) is 9.05. The maximum absolute atomic E-state index is 11.9. The van der Waals surface area contributed by atoms with E-state index >= 15 is 0 Å². The number of rotatable bonds is 4. The van der Waals surface area contributed by atoms with E-state index in [1.807, 2.05) is 37.2 Å². The highest BCUT2D eigenvalue weighted by Crippen LogP contribution is 2.17. The SMILES string of the molecule is CN(C)CCNC(=O)c1ccc2ccc(Cl)cc2n1. The molecule has 19 heavy (non-hydrogen) atoms. The van der Waals surface area contributed by atoms with E-state index in [9.17, 15) is 4.79 Å². The number of hydrogen-bond donors (Lipinski definition) is 1. The predicted octanol–water partition coefficient (Wildman–Crippen LogP) is 2.18. The molecule has 0 aliphatic heterocycles. The second kappa shape index (κ2) is 5.99. The molecule has 0 aliphatic rings. The lowest BCUT2D eigenvalue weighted by atomic mass is 10.2. The minimum absolute atomic E-state index is 0.163. The molecule has 1 heterocycles. The molecule has 1 N–H and O–H groups in total. The summed E-state index contributed by atoms with van der Waals surface area (Å²) in [6.45, 7) is 1.40. The number of benzene rings is 1. The fourth-order valence-corrected chi connectivity index (χ4v) is 1.87. The van der Waals surface area contributed by atoms with Gasteiger partial charge in [0, 0.05) is 23.5 Å². The molecule has 1 aromatic carbocycles. The van der Waals surface area contributed by atoms with Gasteiger partial charge in [-0.15, -0.1) is 0 Å². The number of halogens is 1. The smallest absolute Gasteiger partial charge is 0.269 e. The molecule has 0 spiro atoms. The van der Waals surface area contributed by atoms with Crippen LogP contribution in [0.3, 0.4) is 0 Å². The first-order valence-electron chi connectivity index (χ1n) is 6.05. The van der Waals surface area contributed by atoms with E-state index in [0.717, 1.165) is 17.4 Å². The number of fused-ring (bicyclic) bond motifs is 1. The highest BCUT2D eigenvalue weighted by Gasteiger charge is 2.07. The molecule has 2 rings (SSSR count). The number of pyridine rings is 1. The molecule has 0 radical (unpaired) electrons. The molecule has 4 nitrogen and oxygen atoms in total. The third-order valence-electron chi connectivity index (χ3n) is 2.73. The normalized spacial score (nSPS) is 10.9. The Morgan fingerprint density at radius 3 is 2.79 bits per heavy atom. The monoisotopic (exact) mass is 277 g/mol. The Labute approximate surface area is 117 Å². The van der Waals surface area contributed by atoms with Gasteiger partial charge in [-0.2, -0.15) is 0 Å². The Hall–Kier alpha value is -1.65. The summed E-state index contributed by atoms with van der Waals surface area (Å²) in [5, 5.41) is 4.42. The summed E-state index contributed by atoms with van der Waals surface area (Å²) in [5.74, 6) is -0.163. The van der Waals surface area contributed by atoms with Crippen LogP contribution in [0.25, 0.3) is 10.9 Å². The lowest BCUT2D eigenvalue weighted by Gasteiger charge is -2.10. The fraction of sp³-hybridized carbons (Fsp3) is 0.286. The summed E-state index contributed by atoms with van der Waals surface area (Å²) in [5.41, 5.74) is 1.14. The van der Waals surface area contributed by atoms with E-state index in [4.69, 9.17) is 11.6 Å². The van der Waals surface area contributed by atoms with Crippen LogP contribution in [0.15, 0.2) is 30.3 Å². The van der Waals surface area contributed by atoms with Crippen LogP contribution in [-0.4, -0.2) is 43.0 Å². The van der Waals surface area contributed by atoms with Crippen LogP contribution in [0.2, 0.25) is 5.02 Å². The predicted molar refractivity (Wildman–Crippen MR) is 77.6 cm³/mol. The van der Waals surface area contributed by atoms with Crippen molar-refractivity contribution in [3.63, 3.8) is 0 Å². The first-order valence-corrected chi connectivity index (χ1v) is 6.43. The van der Waals surface area contributed by atoms with Crippen molar-refractivity contribution in [3.05, 3.63) is 41.0 Å². The summed E-state index contributed by atoms with van der Waals surface area (Å²) in [4.78, 5) is 18.3. The van der Waals surface area contributed by atoms with Gasteiger partial charge in [0.25, 0.3) is 5.91 Å². The van der Waals surface area contributed by atoms with Crippen LogP contribution in [0.1, 0.15) is 10.5 Å². The molecule has 0 saturated carbocycles. The van der Waals surface area contributed by atoms with Crippen LogP contribution in [0.4, 0.5) is 0 Å². The van der Waals surface area contributed by atoms with Gasteiger partial charge in [-0.3, -0.25) is 4.79 Å². The molecule has 5 heteroatoms. The van der Waals surface area contributed by atoms with E-state index in [1.165, 1.54) is 0 Å². The van der Waals surface area contributed by atoms with Crippen molar-refractivity contribution in [2.45, 2.75) is 0 Å². The molecule has 100 valence electrons. The van der Waals surface area contributed by atoms with Gasteiger partial charge in [-0.05, 0) is 32.3 Å². The molecule has 0 saturated heterocycles. The number of amides is 1. The number of hydrogen-bond acceptors (Lipinski definition) is 3. The van der Waals surface area contributed by atoms with Gasteiger partial charge in [0.05, 0.1) is 5.52 Å². The molecule has 0 bridgehead atoms. The van der Waals surface area contributed by atoms with E-state index in [1.54, 1.807) is 12.1 Å². The van der Waals surface area contributed by atoms with E-state index in [2.05, 4.69) is 10.3 Å². The van der Waals surface area contributed by atoms with Crippen LogP contribution in [-0.2, 0) is 0 Å².